The molecule has 0 saturated heterocycles. The summed E-state index contributed by atoms with van der Waals surface area (Å²) in [5, 5.41) is 4.02. The van der Waals surface area contributed by atoms with Crippen LogP contribution in [0.3, 0.4) is 0 Å². The quantitative estimate of drug-likeness (QED) is 0.807. The highest BCUT2D eigenvalue weighted by molar-refractivity contribution is 6.09. The van der Waals surface area contributed by atoms with E-state index in [1.54, 1.807) is 18.2 Å². The van der Waals surface area contributed by atoms with Gasteiger partial charge in [0, 0.05) is 19.0 Å². The maximum Gasteiger partial charge on any atom is 0.280 e. The number of aromatic nitrogens is 1. The van der Waals surface area contributed by atoms with Gasteiger partial charge >= 0.3 is 0 Å². The number of alkyl halides is 2. The standard InChI is InChI=1S/C20H19F2N5O3/c1-27-18(28)20(25-19(27)23,16-5-3-4-15(24-16)17(21)22)12-8-11(9-13(10-12)29-2)14-6-7-30-26-14/h3-5,8-10,17H,6-7H2,1-2H3,(H2,23,25). The number of amides is 1. The minimum atomic E-state index is -2.80. The second-order valence-corrected chi connectivity index (χ2v) is 6.86. The number of pyridine rings is 1. The number of oxime groups is 1. The molecule has 1 aromatic carbocycles. The van der Waals surface area contributed by atoms with Crippen molar-refractivity contribution in [2.45, 2.75) is 18.4 Å². The number of aliphatic imine (C=N–C) groups is 1. The first kappa shape index (κ1) is 19.7. The van der Waals surface area contributed by atoms with Crippen molar-refractivity contribution in [3.63, 3.8) is 0 Å². The Morgan fingerprint density at radius 2 is 2.10 bits per heavy atom. The second kappa shape index (κ2) is 7.36. The van der Waals surface area contributed by atoms with E-state index in [-0.39, 0.29) is 11.7 Å². The Labute approximate surface area is 171 Å². The van der Waals surface area contributed by atoms with Gasteiger partial charge in [-0.05, 0) is 35.9 Å². The molecule has 1 atom stereocenters. The van der Waals surface area contributed by atoms with Crippen LogP contribution in [0.4, 0.5) is 8.78 Å². The van der Waals surface area contributed by atoms with Gasteiger partial charge in [0.25, 0.3) is 12.3 Å². The number of carbonyl (C=O) groups is 1. The molecule has 0 aliphatic carbocycles. The lowest BCUT2D eigenvalue weighted by Gasteiger charge is -2.26. The Kier molecular flexibility index (Phi) is 4.84. The molecule has 10 heteroatoms. The number of hydrogen-bond donors (Lipinski definition) is 1. The average Bonchev–Trinajstić information content (AvgIpc) is 3.37. The number of nitrogens with zero attached hydrogens (tertiary/aromatic N) is 4. The number of ether oxygens (including phenoxy) is 1. The summed E-state index contributed by atoms with van der Waals surface area (Å²) in [6.45, 7) is 0.442. The van der Waals surface area contributed by atoms with E-state index in [1.165, 1.54) is 37.3 Å². The molecular formula is C20H19F2N5O3. The van der Waals surface area contributed by atoms with E-state index >= 15 is 0 Å². The summed E-state index contributed by atoms with van der Waals surface area (Å²) in [5.41, 5.74) is 5.53. The maximum absolute atomic E-state index is 13.4. The van der Waals surface area contributed by atoms with Gasteiger partial charge in [-0.15, -0.1) is 0 Å². The van der Waals surface area contributed by atoms with Gasteiger partial charge in [0.05, 0.1) is 18.5 Å². The summed E-state index contributed by atoms with van der Waals surface area (Å²) in [5.74, 6) is -0.115. The molecule has 2 aliphatic rings. The van der Waals surface area contributed by atoms with Crippen LogP contribution < -0.4 is 10.5 Å². The Morgan fingerprint density at radius 1 is 1.30 bits per heavy atom. The van der Waals surface area contributed by atoms with Crippen molar-refractivity contribution in [2.24, 2.45) is 15.9 Å². The van der Waals surface area contributed by atoms with E-state index in [0.717, 1.165) is 0 Å². The van der Waals surface area contributed by atoms with Crippen LogP contribution in [0, 0.1) is 0 Å². The first-order valence-corrected chi connectivity index (χ1v) is 9.14. The molecular weight excluding hydrogens is 396 g/mol. The third-order valence-corrected chi connectivity index (χ3v) is 5.10. The highest BCUT2D eigenvalue weighted by Gasteiger charge is 2.51. The van der Waals surface area contributed by atoms with Crippen molar-refractivity contribution in [1.29, 1.82) is 0 Å². The zero-order valence-corrected chi connectivity index (χ0v) is 16.3. The molecule has 0 fully saturated rings. The third-order valence-electron chi connectivity index (χ3n) is 5.10. The predicted molar refractivity (Wildman–Crippen MR) is 104 cm³/mol. The number of guanidine groups is 1. The van der Waals surface area contributed by atoms with Gasteiger partial charge in [-0.2, -0.15) is 0 Å². The zero-order chi connectivity index (χ0) is 21.5. The highest BCUT2D eigenvalue weighted by atomic mass is 19.3. The molecule has 156 valence electrons. The van der Waals surface area contributed by atoms with Crippen LogP contribution in [0.15, 0.2) is 46.5 Å². The summed E-state index contributed by atoms with van der Waals surface area (Å²) in [6, 6.07) is 9.17. The number of halogens is 2. The van der Waals surface area contributed by atoms with Gasteiger partial charge in [0.1, 0.15) is 18.1 Å². The van der Waals surface area contributed by atoms with E-state index in [4.69, 9.17) is 15.3 Å². The summed E-state index contributed by atoms with van der Waals surface area (Å²) < 4.78 is 32.1. The molecule has 30 heavy (non-hydrogen) atoms. The Morgan fingerprint density at radius 3 is 2.70 bits per heavy atom. The molecule has 2 N–H and O–H groups in total. The highest BCUT2D eigenvalue weighted by Crippen LogP contribution is 2.41. The van der Waals surface area contributed by atoms with Crippen molar-refractivity contribution < 1.29 is 23.1 Å². The number of likely N-dealkylation sites (N-methyl/N-ethyl adjacent to an activating group) is 1. The molecule has 0 bridgehead atoms. The first-order valence-electron chi connectivity index (χ1n) is 9.14. The molecule has 1 amide bonds. The topological polar surface area (TPSA) is 102 Å². The third kappa shape index (κ3) is 3.04. The van der Waals surface area contributed by atoms with E-state index < -0.39 is 23.6 Å². The zero-order valence-electron chi connectivity index (χ0n) is 16.3. The SMILES string of the molecule is COc1cc(C2=NOCC2)cc(C2(c3cccc(C(F)F)n3)N=C(N)N(C)C2=O)c1. The van der Waals surface area contributed by atoms with Crippen LogP contribution in [0.2, 0.25) is 0 Å². The number of methoxy groups -OCH3 is 1. The number of benzene rings is 1. The summed E-state index contributed by atoms with van der Waals surface area (Å²) >= 11 is 0. The Balaban J connectivity index is 1.98. The number of nitrogens with two attached hydrogens (primary N) is 1. The van der Waals surface area contributed by atoms with Crippen LogP contribution in [0.1, 0.15) is 35.4 Å². The Bertz CT molecular complexity index is 1070. The normalized spacial score (nSPS) is 21.0. The van der Waals surface area contributed by atoms with Gasteiger partial charge in [-0.3, -0.25) is 9.69 Å². The lowest BCUT2D eigenvalue weighted by molar-refractivity contribution is -0.129. The lowest BCUT2D eigenvalue weighted by Crippen LogP contribution is -2.41. The van der Waals surface area contributed by atoms with E-state index in [0.29, 0.717) is 35.6 Å². The van der Waals surface area contributed by atoms with Crippen LogP contribution in [0.5, 0.6) is 5.75 Å². The predicted octanol–water partition coefficient (Wildman–Crippen LogP) is 2.18. The molecule has 2 aromatic rings. The van der Waals surface area contributed by atoms with Gasteiger partial charge in [-0.1, -0.05) is 11.2 Å². The minimum absolute atomic E-state index is 0.0430. The van der Waals surface area contributed by atoms with Crippen LogP contribution in [0.25, 0.3) is 0 Å². The number of rotatable bonds is 5. The van der Waals surface area contributed by atoms with Crippen LogP contribution in [-0.4, -0.2) is 48.2 Å². The van der Waals surface area contributed by atoms with Gasteiger partial charge in [-0.25, -0.2) is 18.8 Å². The summed E-state index contributed by atoms with van der Waals surface area (Å²) in [6.07, 6.45) is -2.22. The van der Waals surface area contributed by atoms with Gasteiger partial charge in [0.2, 0.25) is 5.54 Å². The Hall–Kier alpha value is -3.56. The van der Waals surface area contributed by atoms with E-state index in [2.05, 4.69) is 15.1 Å². The molecule has 0 radical (unpaired) electrons. The number of carbonyl (C=O) groups excluding carboxylic acids is 1. The van der Waals surface area contributed by atoms with Crippen molar-refractivity contribution >= 4 is 17.6 Å². The smallest absolute Gasteiger partial charge is 0.280 e. The van der Waals surface area contributed by atoms with Crippen molar-refractivity contribution in [3.05, 3.63) is 58.9 Å². The van der Waals surface area contributed by atoms with Crippen molar-refractivity contribution in [3.8, 4) is 5.75 Å². The van der Waals surface area contributed by atoms with E-state index in [9.17, 15) is 13.6 Å². The molecule has 0 saturated carbocycles. The first-order chi connectivity index (χ1) is 14.4. The lowest BCUT2D eigenvalue weighted by atomic mass is 9.84. The summed E-state index contributed by atoms with van der Waals surface area (Å²) in [7, 11) is 2.95. The molecule has 0 spiro atoms. The van der Waals surface area contributed by atoms with Crippen molar-refractivity contribution in [2.75, 3.05) is 20.8 Å². The second-order valence-electron chi connectivity index (χ2n) is 6.86. The minimum Gasteiger partial charge on any atom is -0.497 e. The summed E-state index contributed by atoms with van der Waals surface area (Å²) in [4.78, 5) is 28.1. The van der Waals surface area contributed by atoms with Gasteiger partial charge in [0.15, 0.2) is 5.96 Å². The molecule has 8 nitrogen and oxygen atoms in total. The molecule has 2 aliphatic heterocycles. The van der Waals surface area contributed by atoms with Gasteiger partial charge < -0.3 is 15.3 Å². The fourth-order valence-electron chi connectivity index (χ4n) is 3.52. The van der Waals surface area contributed by atoms with Crippen LogP contribution in [-0.2, 0) is 15.2 Å². The maximum atomic E-state index is 13.4. The molecule has 1 unspecified atom stereocenters. The monoisotopic (exact) mass is 415 g/mol. The molecule has 3 heterocycles. The fourth-order valence-corrected chi connectivity index (χ4v) is 3.52. The average molecular weight is 415 g/mol. The fraction of sp³-hybridized carbons (Fsp3) is 0.300. The van der Waals surface area contributed by atoms with Crippen molar-refractivity contribution in [1.82, 2.24) is 9.88 Å². The van der Waals surface area contributed by atoms with Crippen LogP contribution >= 0.6 is 0 Å². The molecule has 1 aromatic heterocycles. The largest absolute Gasteiger partial charge is 0.497 e. The number of hydrogen-bond acceptors (Lipinski definition) is 7. The molecule has 4 rings (SSSR count). The van der Waals surface area contributed by atoms with E-state index in [1.807, 2.05) is 0 Å².